The SMILES string of the molecule is O=C(NCCc1ccccc1F)c1cc2ccc(OCc3ccccc3)cc2[nH]1. The molecule has 0 radical (unpaired) electrons. The van der Waals surface area contributed by atoms with Crippen molar-refractivity contribution in [1.29, 1.82) is 0 Å². The van der Waals surface area contributed by atoms with Crippen LogP contribution in [0, 0.1) is 5.82 Å². The van der Waals surface area contributed by atoms with Gasteiger partial charge in [-0.25, -0.2) is 4.39 Å². The molecule has 0 saturated heterocycles. The van der Waals surface area contributed by atoms with E-state index in [-0.39, 0.29) is 11.7 Å². The van der Waals surface area contributed by atoms with E-state index >= 15 is 0 Å². The molecule has 146 valence electrons. The fraction of sp³-hybridized carbons (Fsp3) is 0.125. The van der Waals surface area contributed by atoms with E-state index < -0.39 is 0 Å². The van der Waals surface area contributed by atoms with Gasteiger partial charge in [0.25, 0.3) is 5.91 Å². The summed E-state index contributed by atoms with van der Waals surface area (Å²) in [4.78, 5) is 15.5. The summed E-state index contributed by atoms with van der Waals surface area (Å²) in [7, 11) is 0. The molecule has 5 heteroatoms. The number of hydrogen-bond acceptors (Lipinski definition) is 2. The van der Waals surface area contributed by atoms with Crippen molar-refractivity contribution < 1.29 is 13.9 Å². The highest BCUT2D eigenvalue weighted by Gasteiger charge is 2.10. The van der Waals surface area contributed by atoms with Crippen molar-refractivity contribution in [3.63, 3.8) is 0 Å². The Kier molecular flexibility index (Phi) is 5.56. The molecule has 0 aliphatic heterocycles. The Balaban J connectivity index is 1.37. The number of H-pyrrole nitrogens is 1. The molecule has 29 heavy (non-hydrogen) atoms. The van der Waals surface area contributed by atoms with E-state index in [1.165, 1.54) is 6.07 Å². The van der Waals surface area contributed by atoms with Crippen LogP contribution in [0.5, 0.6) is 5.75 Å². The average Bonchev–Trinajstić information content (AvgIpc) is 3.18. The molecule has 0 spiro atoms. The maximum absolute atomic E-state index is 13.7. The second kappa shape index (κ2) is 8.61. The van der Waals surface area contributed by atoms with E-state index in [0.29, 0.717) is 30.8 Å². The molecule has 0 saturated carbocycles. The Labute approximate surface area is 168 Å². The molecule has 0 aliphatic carbocycles. The Morgan fingerprint density at radius 1 is 0.966 bits per heavy atom. The molecular formula is C24H21FN2O2. The number of amides is 1. The van der Waals surface area contributed by atoms with Crippen LogP contribution in [0.2, 0.25) is 0 Å². The van der Waals surface area contributed by atoms with Gasteiger partial charge in [-0.1, -0.05) is 48.5 Å². The van der Waals surface area contributed by atoms with Crippen LogP contribution in [-0.2, 0) is 13.0 Å². The van der Waals surface area contributed by atoms with E-state index in [1.54, 1.807) is 24.3 Å². The molecule has 1 amide bonds. The Morgan fingerprint density at radius 3 is 2.59 bits per heavy atom. The average molecular weight is 388 g/mol. The van der Waals surface area contributed by atoms with Gasteiger partial charge in [0, 0.05) is 23.5 Å². The molecule has 0 bridgehead atoms. The number of carbonyl (C=O) groups excluding carboxylic acids is 1. The van der Waals surface area contributed by atoms with Crippen LogP contribution in [0.4, 0.5) is 4.39 Å². The fourth-order valence-electron chi connectivity index (χ4n) is 3.17. The van der Waals surface area contributed by atoms with Gasteiger partial charge in [0.2, 0.25) is 0 Å². The van der Waals surface area contributed by atoms with Crippen LogP contribution in [0.25, 0.3) is 10.9 Å². The highest BCUT2D eigenvalue weighted by molar-refractivity contribution is 5.98. The normalized spacial score (nSPS) is 10.8. The van der Waals surface area contributed by atoms with Crippen LogP contribution >= 0.6 is 0 Å². The number of halogens is 1. The third kappa shape index (κ3) is 4.63. The van der Waals surface area contributed by atoms with Crippen molar-refractivity contribution in [3.8, 4) is 5.75 Å². The second-order valence-corrected chi connectivity index (χ2v) is 6.80. The molecule has 3 aromatic carbocycles. The third-order valence-electron chi connectivity index (χ3n) is 4.72. The summed E-state index contributed by atoms with van der Waals surface area (Å²) in [5.74, 6) is 0.259. The minimum atomic E-state index is -0.254. The summed E-state index contributed by atoms with van der Waals surface area (Å²) in [6, 6.07) is 24.0. The number of hydrogen-bond donors (Lipinski definition) is 2. The lowest BCUT2D eigenvalue weighted by Gasteiger charge is -2.06. The monoisotopic (exact) mass is 388 g/mol. The molecule has 2 N–H and O–H groups in total. The summed E-state index contributed by atoms with van der Waals surface area (Å²) < 4.78 is 19.5. The lowest BCUT2D eigenvalue weighted by Crippen LogP contribution is -2.26. The zero-order chi connectivity index (χ0) is 20.1. The lowest BCUT2D eigenvalue weighted by atomic mass is 10.1. The first kappa shape index (κ1) is 18.7. The van der Waals surface area contributed by atoms with Gasteiger partial charge < -0.3 is 15.0 Å². The smallest absolute Gasteiger partial charge is 0.267 e. The van der Waals surface area contributed by atoms with Crippen molar-refractivity contribution in [2.75, 3.05) is 6.54 Å². The molecule has 4 rings (SSSR count). The molecule has 0 fully saturated rings. The van der Waals surface area contributed by atoms with E-state index in [0.717, 1.165) is 22.2 Å². The van der Waals surface area contributed by atoms with E-state index in [9.17, 15) is 9.18 Å². The van der Waals surface area contributed by atoms with Gasteiger partial charge in [-0.05, 0) is 41.8 Å². The molecule has 0 unspecified atom stereocenters. The summed E-state index contributed by atoms with van der Waals surface area (Å²) >= 11 is 0. The van der Waals surface area contributed by atoms with Gasteiger partial charge in [0.05, 0.1) is 0 Å². The summed E-state index contributed by atoms with van der Waals surface area (Å²) in [6.45, 7) is 0.844. The van der Waals surface area contributed by atoms with Crippen LogP contribution < -0.4 is 10.1 Å². The zero-order valence-corrected chi connectivity index (χ0v) is 15.8. The minimum absolute atomic E-state index is 0.218. The molecule has 4 nitrogen and oxygen atoms in total. The Morgan fingerprint density at radius 2 is 1.76 bits per heavy atom. The second-order valence-electron chi connectivity index (χ2n) is 6.80. The van der Waals surface area contributed by atoms with Gasteiger partial charge in [-0.2, -0.15) is 0 Å². The standard InChI is InChI=1S/C24H21FN2O2/c25-21-9-5-4-8-18(21)12-13-26-24(28)23-14-19-10-11-20(15-22(19)27-23)29-16-17-6-2-1-3-7-17/h1-11,14-15,27H,12-13,16H2,(H,26,28). The number of aromatic amines is 1. The highest BCUT2D eigenvalue weighted by Crippen LogP contribution is 2.22. The van der Waals surface area contributed by atoms with Crippen LogP contribution in [-0.4, -0.2) is 17.4 Å². The topological polar surface area (TPSA) is 54.1 Å². The van der Waals surface area contributed by atoms with Gasteiger partial charge in [0.1, 0.15) is 23.9 Å². The molecule has 4 aromatic rings. The predicted molar refractivity (Wildman–Crippen MR) is 112 cm³/mol. The van der Waals surface area contributed by atoms with Crippen LogP contribution in [0.15, 0.2) is 78.9 Å². The lowest BCUT2D eigenvalue weighted by molar-refractivity contribution is 0.0950. The van der Waals surface area contributed by atoms with Gasteiger partial charge in [0.15, 0.2) is 0 Å². The maximum Gasteiger partial charge on any atom is 0.267 e. The van der Waals surface area contributed by atoms with E-state index in [4.69, 9.17) is 4.74 Å². The quantitative estimate of drug-likeness (QED) is 0.475. The molecule has 0 aliphatic rings. The maximum atomic E-state index is 13.7. The summed E-state index contributed by atoms with van der Waals surface area (Å²) in [5.41, 5.74) is 2.97. The molecule has 1 heterocycles. The van der Waals surface area contributed by atoms with E-state index in [2.05, 4.69) is 10.3 Å². The minimum Gasteiger partial charge on any atom is -0.489 e. The van der Waals surface area contributed by atoms with Crippen molar-refractivity contribution in [1.82, 2.24) is 10.3 Å². The first-order chi connectivity index (χ1) is 14.2. The number of nitrogens with one attached hydrogen (secondary N) is 2. The van der Waals surface area contributed by atoms with Crippen molar-refractivity contribution in [2.24, 2.45) is 0 Å². The van der Waals surface area contributed by atoms with Gasteiger partial charge in [-0.3, -0.25) is 4.79 Å². The predicted octanol–water partition coefficient (Wildman–Crippen LogP) is 4.86. The first-order valence-electron chi connectivity index (χ1n) is 9.50. The van der Waals surface area contributed by atoms with Crippen LogP contribution in [0.3, 0.4) is 0 Å². The number of rotatable bonds is 7. The zero-order valence-electron chi connectivity index (χ0n) is 15.8. The summed E-state index contributed by atoms with van der Waals surface area (Å²) in [6.07, 6.45) is 0.441. The Bertz CT molecular complexity index is 1120. The number of aromatic nitrogens is 1. The first-order valence-corrected chi connectivity index (χ1v) is 9.50. The number of carbonyl (C=O) groups is 1. The molecule has 0 atom stereocenters. The Hall–Kier alpha value is -3.60. The van der Waals surface area contributed by atoms with E-state index in [1.807, 2.05) is 48.5 Å². The molecule has 1 aromatic heterocycles. The fourth-order valence-corrected chi connectivity index (χ4v) is 3.17. The van der Waals surface area contributed by atoms with Gasteiger partial charge in [-0.15, -0.1) is 0 Å². The van der Waals surface area contributed by atoms with Crippen molar-refractivity contribution >= 4 is 16.8 Å². The van der Waals surface area contributed by atoms with Crippen molar-refractivity contribution in [2.45, 2.75) is 13.0 Å². The number of fused-ring (bicyclic) bond motifs is 1. The third-order valence-corrected chi connectivity index (χ3v) is 4.72. The number of ether oxygens (including phenoxy) is 1. The highest BCUT2D eigenvalue weighted by atomic mass is 19.1. The van der Waals surface area contributed by atoms with Gasteiger partial charge >= 0.3 is 0 Å². The molecular weight excluding hydrogens is 367 g/mol. The summed E-state index contributed by atoms with van der Waals surface area (Å²) in [5, 5.41) is 3.76. The van der Waals surface area contributed by atoms with Crippen molar-refractivity contribution in [3.05, 3.63) is 102 Å². The number of benzene rings is 3. The van der Waals surface area contributed by atoms with Crippen LogP contribution in [0.1, 0.15) is 21.6 Å². The largest absolute Gasteiger partial charge is 0.489 e.